The SMILES string of the molecule is O/N=C/c1ccc(-c2cccc(F)c2)o1. The van der Waals surface area contributed by atoms with E-state index in [0.717, 1.165) is 0 Å². The normalized spacial score (nSPS) is 11.0. The maximum Gasteiger partial charge on any atom is 0.149 e. The van der Waals surface area contributed by atoms with Crippen molar-refractivity contribution in [3.05, 3.63) is 48.0 Å². The quantitative estimate of drug-likeness (QED) is 0.465. The monoisotopic (exact) mass is 205 g/mol. The molecule has 4 heteroatoms. The molecule has 0 bridgehead atoms. The fraction of sp³-hybridized carbons (Fsp3) is 0. The van der Waals surface area contributed by atoms with E-state index in [1.54, 1.807) is 24.3 Å². The number of nitrogens with zero attached hydrogens (tertiary/aromatic N) is 1. The van der Waals surface area contributed by atoms with Crippen molar-refractivity contribution in [1.82, 2.24) is 0 Å². The van der Waals surface area contributed by atoms with Gasteiger partial charge in [-0.15, -0.1) is 0 Å². The Morgan fingerprint density at radius 3 is 2.87 bits per heavy atom. The highest BCUT2D eigenvalue weighted by atomic mass is 19.1. The number of oxime groups is 1. The molecule has 2 rings (SSSR count). The van der Waals surface area contributed by atoms with E-state index >= 15 is 0 Å². The van der Waals surface area contributed by atoms with Gasteiger partial charge in [0.2, 0.25) is 0 Å². The minimum absolute atomic E-state index is 0.318. The molecule has 0 saturated carbocycles. The van der Waals surface area contributed by atoms with Crippen molar-refractivity contribution in [3.63, 3.8) is 0 Å². The Morgan fingerprint density at radius 2 is 2.13 bits per heavy atom. The van der Waals surface area contributed by atoms with Gasteiger partial charge >= 0.3 is 0 Å². The van der Waals surface area contributed by atoms with Crippen molar-refractivity contribution in [2.75, 3.05) is 0 Å². The van der Waals surface area contributed by atoms with Crippen molar-refractivity contribution < 1.29 is 14.0 Å². The van der Waals surface area contributed by atoms with Crippen LogP contribution in [0.15, 0.2) is 46.0 Å². The molecule has 0 aliphatic heterocycles. The molecule has 15 heavy (non-hydrogen) atoms. The van der Waals surface area contributed by atoms with Gasteiger partial charge in [-0.3, -0.25) is 0 Å². The first kappa shape index (κ1) is 9.45. The molecule has 76 valence electrons. The standard InChI is InChI=1S/C11H8FNO2/c12-9-3-1-2-8(6-9)11-5-4-10(15-11)7-13-14/h1-7,14H/b13-7+. The van der Waals surface area contributed by atoms with E-state index in [0.29, 0.717) is 17.1 Å². The average Bonchev–Trinajstić information content (AvgIpc) is 2.67. The third-order valence-corrected chi connectivity index (χ3v) is 1.92. The molecule has 0 spiro atoms. The highest BCUT2D eigenvalue weighted by Crippen LogP contribution is 2.21. The zero-order valence-electron chi connectivity index (χ0n) is 7.72. The zero-order valence-corrected chi connectivity index (χ0v) is 7.72. The molecule has 0 aliphatic carbocycles. The van der Waals surface area contributed by atoms with Crippen LogP contribution < -0.4 is 0 Å². The third kappa shape index (κ3) is 2.04. The predicted molar refractivity (Wildman–Crippen MR) is 53.5 cm³/mol. The molecule has 2 aromatic rings. The summed E-state index contributed by atoms with van der Waals surface area (Å²) in [4.78, 5) is 0. The van der Waals surface area contributed by atoms with Gasteiger partial charge < -0.3 is 9.62 Å². The van der Waals surface area contributed by atoms with Crippen molar-refractivity contribution in [1.29, 1.82) is 0 Å². The van der Waals surface area contributed by atoms with Crippen LogP contribution >= 0.6 is 0 Å². The molecule has 0 saturated heterocycles. The van der Waals surface area contributed by atoms with E-state index < -0.39 is 0 Å². The van der Waals surface area contributed by atoms with Gasteiger partial charge in [-0.2, -0.15) is 0 Å². The lowest BCUT2D eigenvalue weighted by atomic mass is 10.2. The molecule has 3 nitrogen and oxygen atoms in total. The van der Waals surface area contributed by atoms with Crippen LogP contribution in [0.2, 0.25) is 0 Å². The van der Waals surface area contributed by atoms with Gasteiger partial charge in [0.1, 0.15) is 23.6 Å². The van der Waals surface area contributed by atoms with Crippen LogP contribution in [0.5, 0.6) is 0 Å². The van der Waals surface area contributed by atoms with Crippen molar-refractivity contribution in [2.45, 2.75) is 0 Å². The van der Waals surface area contributed by atoms with E-state index in [4.69, 9.17) is 9.62 Å². The summed E-state index contributed by atoms with van der Waals surface area (Å²) in [6.45, 7) is 0. The van der Waals surface area contributed by atoms with Crippen LogP contribution in [0.4, 0.5) is 4.39 Å². The first-order chi connectivity index (χ1) is 7.29. The summed E-state index contributed by atoms with van der Waals surface area (Å²) in [5.41, 5.74) is 0.646. The Labute approximate surface area is 85.5 Å². The molecule has 0 aliphatic rings. The number of halogens is 1. The van der Waals surface area contributed by atoms with Gasteiger partial charge in [-0.25, -0.2) is 4.39 Å². The molecule has 1 N–H and O–H groups in total. The van der Waals surface area contributed by atoms with E-state index in [1.807, 2.05) is 0 Å². The smallest absolute Gasteiger partial charge is 0.149 e. The van der Waals surface area contributed by atoms with Crippen LogP contribution in [-0.4, -0.2) is 11.4 Å². The second-order valence-corrected chi connectivity index (χ2v) is 2.96. The largest absolute Gasteiger partial charge is 0.455 e. The minimum atomic E-state index is -0.318. The lowest BCUT2D eigenvalue weighted by molar-refractivity contribution is 0.321. The Morgan fingerprint density at radius 1 is 1.27 bits per heavy atom. The maximum atomic E-state index is 12.9. The molecule has 1 aromatic heterocycles. The van der Waals surface area contributed by atoms with Gasteiger partial charge in [0, 0.05) is 5.56 Å². The van der Waals surface area contributed by atoms with Gasteiger partial charge in [-0.1, -0.05) is 17.3 Å². The molecule has 0 atom stereocenters. The number of hydrogen-bond donors (Lipinski definition) is 1. The lowest BCUT2D eigenvalue weighted by Gasteiger charge is -1.95. The summed E-state index contributed by atoms with van der Waals surface area (Å²) in [5.74, 6) is 0.627. The van der Waals surface area contributed by atoms with E-state index in [1.165, 1.54) is 18.3 Å². The fourth-order valence-electron chi connectivity index (χ4n) is 1.28. The number of rotatable bonds is 2. The van der Waals surface area contributed by atoms with Crippen LogP contribution in [0.25, 0.3) is 11.3 Å². The summed E-state index contributed by atoms with van der Waals surface area (Å²) in [6.07, 6.45) is 1.17. The van der Waals surface area contributed by atoms with Crippen molar-refractivity contribution in [3.8, 4) is 11.3 Å². The third-order valence-electron chi connectivity index (χ3n) is 1.92. The number of benzene rings is 1. The number of hydrogen-bond acceptors (Lipinski definition) is 3. The van der Waals surface area contributed by atoms with Crippen molar-refractivity contribution >= 4 is 6.21 Å². The molecular weight excluding hydrogens is 197 g/mol. The molecule has 1 heterocycles. The van der Waals surface area contributed by atoms with Gasteiger partial charge in [-0.05, 0) is 24.3 Å². The second-order valence-electron chi connectivity index (χ2n) is 2.96. The van der Waals surface area contributed by atoms with Crippen LogP contribution in [0.1, 0.15) is 5.76 Å². The Bertz CT molecular complexity index is 491. The zero-order chi connectivity index (χ0) is 10.7. The Kier molecular flexibility index (Phi) is 2.49. The highest BCUT2D eigenvalue weighted by Gasteiger charge is 2.03. The average molecular weight is 205 g/mol. The minimum Gasteiger partial charge on any atom is -0.455 e. The van der Waals surface area contributed by atoms with Crippen molar-refractivity contribution in [2.24, 2.45) is 5.16 Å². The second kappa shape index (κ2) is 3.96. The molecule has 1 aromatic carbocycles. The topological polar surface area (TPSA) is 45.7 Å². The molecule has 0 unspecified atom stereocenters. The highest BCUT2D eigenvalue weighted by molar-refractivity contribution is 5.76. The van der Waals surface area contributed by atoms with Gasteiger partial charge in [0.05, 0.1) is 0 Å². The molecule has 0 amide bonds. The summed E-state index contributed by atoms with van der Waals surface area (Å²) >= 11 is 0. The van der Waals surface area contributed by atoms with Crippen LogP contribution in [0.3, 0.4) is 0 Å². The first-order valence-corrected chi connectivity index (χ1v) is 4.33. The summed E-state index contributed by atoms with van der Waals surface area (Å²) < 4.78 is 18.2. The van der Waals surface area contributed by atoms with E-state index in [-0.39, 0.29) is 5.82 Å². The molecular formula is C11H8FNO2. The Balaban J connectivity index is 2.37. The fourth-order valence-corrected chi connectivity index (χ4v) is 1.28. The van der Waals surface area contributed by atoms with Crippen LogP contribution in [-0.2, 0) is 0 Å². The van der Waals surface area contributed by atoms with E-state index in [2.05, 4.69) is 5.16 Å². The van der Waals surface area contributed by atoms with Gasteiger partial charge in [0.15, 0.2) is 0 Å². The summed E-state index contributed by atoms with van der Waals surface area (Å²) in [7, 11) is 0. The first-order valence-electron chi connectivity index (χ1n) is 4.33. The van der Waals surface area contributed by atoms with Crippen LogP contribution in [0, 0.1) is 5.82 Å². The van der Waals surface area contributed by atoms with E-state index in [9.17, 15) is 4.39 Å². The van der Waals surface area contributed by atoms with Gasteiger partial charge in [0.25, 0.3) is 0 Å². The summed E-state index contributed by atoms with van der Waals surface area (Å²) in [5, 5.41) is 11.1. The predicted octanol–water partition coefficient (Wildman–Crippen LogP) is 2.89. The summed E-state index contributed by atoms with van der Waals surface area (Å²) in [6, 6.07) is 9.40. The molecule has 0 fully saturated rings. The number of furan rings is 1. The Hall–Kier alpha value is -2.10. The lowest BCUT2D eigenvalue weighted by Crippen LogP contribution is -1.77. The maximum absolute atomic E-state index is 12.9. The molecule has 0 radical (unpaired) electrons.